The molecule has 0 saturated carbocycles. The van der Waals surface area contributed by atoms with Gasteiger partial charge in [0.15, 0.2) is 6.29 Å². The molecule has 2 aromatic rings. The van der Waals surface area contributed by atoms with Gasteiger partial charge in [0.2, 0.25) is 0 Å². The highest BCUT2D eigenvalue weighted by molar-refractivity contribution is 5.87. The van der Waals surface area contributed by atoms with Crippen LogP contribution in [0, 0.1) is 0 Å². The molecule has 23 heavy (non-hydrogen) atoms. The third kappa shape index (κ3) is 5.55. The van der Waals surface area contributed by atoms with Crippen LogP contribution in [-0.2, 0) is 0 Å². The Kier molecular flexibility index (Phi) is 7.38. The summed E-state index contributed by atoms with van der Waals surface area (Å²) in [7, 11) is 0. The van der Waals surface area contributed by atoms with E-state index in [-0.39, 0.29) is 0 Å². The van der Waals surface area contributed by atoms with Gasteiger partial charge < -0.3 is 4.74 Å². The second-order valence-electron chi connectivity index (χ2n) is 5.85. The summed E-state index contributed by atoms with van der Waals surface area (Å²) in [4.78, 5) is 11.1. The summed E-state index contributed by atoms with van der Waals surface area (Å²) in [6.07, 6.45) is 8.52. The SMILES string of the molecule is CCCCCCCCOc1ccc(-c2ccccc2C=O)cc1. The van der Waals surface area contributed by atoms with Gasteiger partial charge in [-0.2, -0.15) is 0 Å². The first-order valence-corrected chi connectivity index (χ1v) is 8.62. The van der Waals surface area contributed by atoms with Gasteiger partial charge in [-0.25, -0.2) is 0 Å². The zero-order valence-corrected chi connectivity index (χ0v) is 14.0. The number of aldehydes is 1. The number of carbonyl (C=O) groups excluding carboxylic acids is 1. The number of benzene rings is 2. The fourth-order valence-electron chi connectivity index (χ4n) is 2.67. The Morgan fingerprint density at radius 3 is 2.30 bits per heavy atom. The Balaban J connectivity index is 1.82. The lowest BCUT2D eigenvalue weighted by atomic mass is 10.0. The molecule has 0 amide bonds. The molecule has 0 aliphatic rings. The van der Waals surface area contributed by atoms with Gasteiger partial charge in [0, 0.05) is 5.56 Å². The molecule has 0 aliphatic carbocycles. The standard InChI is InChI=1S/C21H26O2/c1-2-3-4-5-6-9-16-23-20-14-12-18(13-15-20)21-11-8-7-10-19(21)17-22/h7-8,10-15,17H,2-6,9,16H2,1H3. The van der Waals surface area contributed by atoms with E-state index in [0.717, 1.165) is 36.2 Å². The van der Waals surface area contributed by atoms with Crippen molar-refractivity contribution in [3.8, 4) is 16.9 Å². The van der Waals surface area contributed by atoms with Crippen molar-refractivity contribution >= 4 is 6.29 Å². The summed E-state index contributed by atoms with van der Waals surface area (Å²) in [5, 5.41) is 0. The highest BCUT2D eigenvalue weighted by atomic mass is 16.5. The van der Waals surface area contributed by atoms with Crippen molar-refractivity contribution in [3.05, 3.63) is 54.1 Å². The molecular formula is C21H26O2. The Hall–Kier alpha value is -2.09. The molecule has 0 spiro atoms. The van der Waals surface area contributed by atoms with E-state index in [0.29, 0.717) is 5.56 Å². The van der Waals surface area contributed by atoms with Crippen LogP contribution in [0.4, 0.5) is 0 Å². The van der Waals surface area contributed by atoms with Crippen molar-refractivity contribution < 1.29 is 9.53 Å². The molecule has 0 saturated heterocycles. The van der Waals surface area contributed by atoms with Gasteiger partial charge in [-0.3, -0.25) is 4.79 Å². The van der Waals surface area contributed by atoms with Crippen LogP contribution in [0.15, 0.2) is 48.5 Å². The highest BCUT2D eigenvalue weighted by Gasteiger charge is 2.03. The van der Waals surface area contributed by atoms with Crippen LogP contribution in [0.3, 0.4) is 0 Å². The monoisotopic (exact) mass is 310 g/mol. The first kappa shape index (κ1) is 17.3. The topological polar surface area (TPSA) is 26.3 Å². The maximum absolute atomic E-state index is 11.1. The third-order valence-corrected chi connectivity index (χ3v) is 4.02. The zero-order valence-electron chi connectivity index (χ0n) is 14.0. The first-order valence-electron chi connectivity index (χ1n) is 8.62. The highest BCUT2D eigenvalue weighted by Crippen LogP contribution is 2.25. The van der Waals surface area contributed by atoms with Crippen LogP contribution >= 0.6 is 0 Å². The summed E-state index contributed by atoms with van der Waals surface area (Å²) >= 11 is 0. The van der Waals surface area contributed by atoms with Gasteiger partial charge in [0.05, 0.1) is 6.61 Å². The Morgan fingerprint density at radius 1 is 0.870 bits per heavy atom. The van der Waals surface area contributed by atoms with Crippen LogP contribution < -0.4 is 4.74 Å². The minimum absolute atomic E-state index is 0.716. The van der Waals surface area contributed by atoms with E-state index in [1.807, 2.05) is 48.5 Å². The smallest absolute Gasteiger partial charge is 0.150 e. The Bertz CT molecular complexity index is 587. The largest absolute Gasteiger partial charge is 0.494 e. The zero-order chi connectivity index (χ0) is 16.3. The van der Waals surface area contributed by atoms with Crippen LogP contribution in [0.5, 0.6) is 5.75 Å². The molecule has 0 radical (unpaired) electrons. The Labute approximate surface area is 139 Å². The molecule has 2 nitrogen and oxygen atoms in total. The van der Waals surface area contributed by atoms with Crippen LogP contribution in [0.25, 0.3) is 11.1 Å². The predicted molar refractivity (Wildman–Crippen MR) is 96.1 cm³/mol. The van der Waals surface area contributed by atoms with Crippen LogP contribution in [0.1, 0.15) is 55.8 Å². The summed E-state index contributed by atoms with van der Waals surface area (Å²) in [5.41, 5.74) is 2.72. The summed E-state index contributed by atoms with van der Waals surface area (Å²) in [5.74, 6) is 0.894. The molecule has 2 heteroatoms. The minimum Gasteiger partial charge on any atom is -0.494 e. The fourth-order valence-corrected chi connectivity index (χ4v) is 2.67. The van der Waals surface area contributed by atoms with E-state index in [2.05, 4.69) is 6.92 Å². The third-order valence-electron chi connectivity index (χ3n) is 4.02. The Morgan fingerprint density at radius 2 is 1.57 bits per heavy atom. The van der Waals surface area contributed by atoms with Gasteiger partial charge in [-0.15, -0.1) is 0 Å². The first-order chi connectivity index (χ1) is 11.3. The molecule has 122 valence electrons. The van der Waals surface area contributed by atoms with E-state index in [4.69, 9.17) is 4.74 Å². The molecule has 2 rings (SSSR count). The van der Waals surface area contributed by atoms with Gasteiger partial charge >= 0.3 is 0 Å². The van der Waals surface area contributed by atoms with E-state index < -0.39 is 0 Å². The average Bonchev–Trinajstić information content (AvgIpc) is 2.61. The maximum atomic E-state index is 11.1. The van der Waals surface area contributed by atoms with Gasteiger partial charge in [-0.05, 0) is 29.7 Å². The number of hydrogen-bond acceptors (Lipinski definition) is 2. The fraction of sp³-hybridized carbons (Fsp3) is 0.381. The van der Waals surface area contributed by atoms with Gasteiger partial charge in [0.1, 0.15) is 5.75 Å². The number of rotatable bonds is 10. The average molecular weight is 310 g/mol. The molecule has 2 aromatic carbocycles. The number of carbonyl (C=O) groups is 1. The van der Waals surface area contributed by atoms with Crippen molar-refractivity contribution in [3.63, 3.8) is 0 Å². The normalized spacial score (nSPS) is 10.5. The molecule has 0 atom stereocenters. The van der Waals surface area contributed by atoms with E-state index in [1.165, 1.54) is 32.1 Å². The summed E-state index contributed by atoms with van der Waals surface area (Å²) < 4.78 is 5.79. The van der Waals surface area contributed by atoms with E-state index >= 15 is 0 Å². The second kappa shape index (κ2) is 9.83. The predicted octanol–water partition coefficient (Wildman–Crippen LogP) is 5.91. The molecular weight excluding hydrogens is 284 g/mol. The summed E-state index contributed by atoms with van der Waals surface area (Å²) in [6, 6.07) is 15.6. The molecule has 0 N–H and O–H groups in total. The molecule has 0 aliphatic heterocycles. The van der Waals surface area contributed by atoms with Crippen LogP contribution in [0.2, 0.25) is 0 Å². The van der Waals surface area contributed by atoms with E-state index in [9.17, 15) is 4.79 Å². The van der Waals surface area contributed by atoms with Crippen molar-refractivity contribution in [2.75, 3.05) is 6.61 Å². The van der Waals surface area contributed by atoms with Gasteiger partial charge in [0.25, 0.3) is 0 Å². The van der Waals surface area contributed by atoms with Crippen molar-refractivity contribution in [2.24, 2.45) is 0 Å². The lowest BCUT2D eigenvalue weighted by molar-refractivity contribution is 0.112. The minimum atomic E-state index is 0.716. The van der Waals surface area contributed by atoms with Crippen molar-refractivity contribution in [1.82, 2.24) is 0 Å². The van der Waals surface area contributed by atoms with E-state index in [1.54, 1.807) is 0 Å². The number of ether oxygens (including phenoxy) is 1. The van der Waals surface area contributed by atoms with Crippen LogP contribution in [-0.4, -0.2) is 12.9 Å². The van der Waals surface area contributed by atoms with Gasteiger partial charge in [-0.1, -0.05) is 75.4 Å². The lowest BCUT2D eigenvalue weighted by Crippen LogP contribution is -1.97. The van der Waals surface area contributed by atoms with Crippen molar-refractivity contribution in [2.45, 2.75) is 45.4 Å². The summed E-state index contributed by atoms with van der Waals surface area (Å²) in [6.45, 7) is 3.01. The molecule has 0 aromatic heterocycles. The lowest BCUT2D eigenvalue weighted by Gasteiger charge is -2.08. The number of hydrogen-bond donors (Lipinski definition) is 0. The van der Waals surface area contributed by atoms with Crippen molar-refractivity contribution in [1.29, 1.82) is 0 Å². The molecule has 0 fully saturated rings. The number of unbranched alkanes of at least 4 members (excludes halogenated alkanes) is 5. The molecule has 0 bridgehead atoms. The quantitative estimate of drug-likeness (QED) is 0.403. The molecule has 0 heterocycles. The second-order valence-corrected chi connectivity index (χ2v) is 5.85. The molecule has 0 unspecified atom stereocenters. The maximum Gasteiger partial charge on any atom is 0.150 e.